The van der Waals surface area contributed by atoms with Gasteiger partial charge in [0.15, 0.2) is 5.70 Å². The van der Waals surface area contributed by atoms with Crippen LogP contribution in [0.3, 0.4) is 0 Å². The van der Waals surface area contributed by atoms with Crippen molar-refractivity contribution in [3.8, 4) is 11.5 Å². The number of cyclic esters (lactones) is 1. The van der Waals surface area contributed by atoms with Gasteiger partial charge >= 0.3 is 16.1 Å². The van der Waals surface area contributed by atoms with Crippen LogP contribution < -0.4 is 8.92 Å². The van der Waals surface area contributed by atoms with E-state index in [4.69, 9.17) is 25.3 Å². The fourth-order valence-electron chi connectivity index (χ4n) is 3.03. The van der Waals surface area contributed by atoms with Crippen LogP contribution in [-0.2, 0) is 19.6 Å². The second-order valence-corrected chi connectivity index (χ2v) is 9.08. The van der Waals surface area contributed by atoms with E-state index >= 15 is 0 Å². The molecule has 1 aliphatic heterocycles. The lowest BCUT2D eigenvalue weighted by atomic mass is 10.2. The molecule has 168 valence electrons. The van der Waals surface area contributed by atoms with Gasteiger partial charge in [-0.25, -0.2) is 9.79 Å². The zero-order valence-corrected chi connectivity index (χ0v) is 19.2. The molecule has 0 aromatic heterocycles. The average molecular weight is 484 g/mol. The van der Waals surface area contributed by atoms with Crippen molar-refractivity contribution in [2.75, 3.05) is 7.11 Å². The Morgan fingerprint density at radius 3 is 2.36 bits per heavy atom. The Morgan fingerprint density at radius 2 is 1.70 bits per heavy atom. The number of methoxy groups -OCH3 is 1. The third kappa shape index (κ3) is 5.08. The van der Waals surface area contributed by atoms with Crippen molar-refractivity contribution in [1.29, 1.82) is 0 Å². The summed E-state index contributed by atoms with van der Waals surface area (Å²) in [5, 5.41) is 0.443. The highest BCUT2D eigenvalue weighted by molar-refractivity contribution is 7.87. The number of carbonyl (C=O) groups is 1. The number of aryl methyl sites for hydroxylation is 1. The summed E-state index contributed by atoms with van der Waals surface area (Å²) in [5.41, 5.74) is 2.07. The van der Waals surface area contributed by atoms with E-state index < -0.39 is 16.1 Å². The maximum Gasteiger partial charge on any atom is 0.363 e. The van der Waals surface area contributed by atoms with Gasteiger partial charge in [0.2, 0.25) is 5.90 Å². The Labute approximate surface area is 196 Å². The van der Waals surface area contributed by atoms with Crippen LogP contribution in [0.1, 0.15) is 16.7 Å². The number of hydrogen-bond acceptors (Lipinski definition) is 7. The van der Waals surface area contributed by atoms with Gasteiger partial charge in [0, 0.05) is 5.02 Å². The third-order valence-corrected chi connectivity index (χ3v) is 6.21. The molecule has 0 fully saturated rings. The molecule has 0 amide bonds. The topological polar surface area (TPSA) is 91.3 Å². The van der Waals surface area contributed by atoms with Gasteiger partial charge in [0.05, 0.1) is 12.7 Å². The lowest BCUT2D eigenvalue weighted by Crippen LogP contribution is -2.09. The average Bonchev–Trinajstić information content (AvgIpc) is 3.15. The van der Waals surface area contributed by atoms with Crippen molar-refractivity contribution in [2.24, 2.45) is 4.99 Å². The van der Waals surface area contributed by atoms with Crippen molar-refractivity contribution in [3.05, 3.63) is 94.1 Å². The number of halogens is 1. The van der Waals surface area contributed by atoms with E-state index in [-0.39, 0.29) is 22.2 Å². The summed E-state index contributed by atoms with van der Waals surface area (Å²) in [5.74, 6) is 0.0483. The summed E-state index contributed by atoms with van der Waals surface area (Å²) in [7, 11) is -2.47. The van der Waals surface area contributed by atoms with Crippen LogP contribution in [0.25, 0.3) is 6.08 Å². The maximum absolute atomic E-state index is 12.4. The van der Waals surface area contributed by atoms with E-state index in [2.05, 4.69) is 4.99 Å². The molecule has 3 aromatic carbocycles. The number of ether oxygens (including phenoxy) is 2. The third-order valence-electron chi connectivity index (χ3n) is 4.71. The van der Waals surface area contributed by atoms with E-state index in [9.17, 15) is 13.2 Å². The van der Waals surface area contributed by atoms with Gasteiger partial charge in [-0.15, -0.1) is 0 Å². The molecule has 0 saturated heterocycles. The highest BCUT2D eigenvalue weighted by atomic mass is 35.5. The predicted octanol–water partition coefficient (Wildman–Crippen LogP) is 4.77. The van der Waals surface area contributed by atoms with Crippen LogP contribution in [0.2, 0.25) is 5.02 Å². The monoisotopic (exact) mass is 483 g/mol. The fourth-order valence-corrected chi connectivity index (χ4v) is 4.13. The standard InChI is InChI=1S/C24H18ClNO6S/c1-15-3-10-19(11-4-15)33(28,29)32-18-8-5-16(6-9-18)13-21-24(27)31-23(26-21)20-14-17(25)7-12-22(20)30-2/h3-14H,1-2H3/b21-13-. The molecule has 0 unspecified atom stereocenters. The first-order valence-corrected chi connectivity index (χ1v) is 11.5. The SMILES string of the molecule is COc1ccc(Cl)cc1C1=N/C(=C\c2ccc(OS(=O)(=O)c3ccc(C)cc3)cc2)C(=O)O1. The lowest BCUT2D eigenvalue weighted by molar-refractivity contribution is -0.129. The van der Waals surface area contributed by atoms with Crippen molar-refractivity contribution < 1.29 is 26.9 Å². The minimum atomic E-state index is -3.96. The highest BCUT2D eigenvalue weighted by Crippen LogP contribution is 2.28. The van der Waals surface area contributed by atoms with Crippen LogP contribution in [0, 0.1) is 6.92 Å². The Kier molecular flexibility index (Phi) is 6.22. The Morgan fingerprint density at radius 1 is 1.00 bits per heavy atom. The van der Waals surface area contributed by atoms with Gasteiger partial charge in [-0.3, -0.25) is 0 Å². The first kappa shape index (κ1) is 22.6. The summed E-state index contributed by atoms with van der Waals surface area (Å²) in [4.78, 5) is 16.6. The van der Waals surface area contributed by atoms with Crippen LogP contribution >= 0.6 is 11.6 Å². The van der Waals surface area contributed by atoms with Crippen LogP contribution in [0.4, 0.5) is 0 Å². The number of aliphatic imine (C=N–C) groups is 1. The minimum absolute atomic E-state index is 0.0614. The predicted molar refractivity (Wildman–Crippen MR) is 124 cm³/mol. The molecule has 33 heavy (non-hydrogen) atoms. The molecular formula is C24H18ClNO6S. The molecule has 4 rings (SSSR count). The van der Waals surface area contributed by atoms with Gasteiger partial charge in [-0.1, -0.05) is 41.4 Å². The van der Waals surface area contributed by atoms with Gasteiger partial charge in [0.1, 0.15) is 16.4 Å². The molecule has 0 saturated carbocycles. The number of rotatable bonds is 6. The normalized spacial score (nSPS) is 14.7. The number of benzene rings is 3. The molecule has 9 heteroatoms. The minimum Gasteiger partial charge on any atom is -0.496 e. The van der Waals surface area contributed by atoms with E-state index in [1.54, 1.807) is 42.5 Å². The molecule has 0 bridgehead atoms. The summed E-state index contributed by atoms with van der Waals surface area (Å²) in [6.45, 7) is 1.86. The highest BCUT2D eigenvalue weighted by Gasteiger charge is 2.26. The molecule has 0 N–H and O–H groups in total. The van der Waals surface area contributed by atoms with Gasteiger partial charge in [-0.05, 0) is 61.0 Å². The number of esters is 1. The Hall–Kier alpha value is -3.62. The van der Waals surface area contributed by atoms with Gasteiger partial charge < -0.3 is 13.7 Å². The second-order valence-electron chi connectivity index (χ2n) is 7.10. The lowest BCUT2D eigenvalue weighted by Gasteiger charge is -2.07. The molecule has 3 aromatic rings. The molecule has 1 aliphatic rings. The Bertz CT molecular complexity index is 1380. The van der Waals surface area contributed by atoms with Crippen LogP contribution in [0.5, 0.6) is 11.5 Å². The molecular weight excluding hydrogens is 466 g/mol. The van der Waals surface area contributed by atoms with Gasteiger partial charge in [-0.2, -0.15) is 8.42 Å². The number of carbonyl (C=O) groups excluding carboxylic acids is 1. The van der Waals surface area contributed by atoms with E-state index in [0.29, 0.717) is 21.9 Å². The molecule has 7 nitrogen and oxygen atoms in total. The number of hydrogen-bond donors (Lipinski definition) is 0. The van der Waals surface area contributed by atoms with Crippen molar-refractivity contribution >= 4 is 39.7 Å². The zero-order chi connectivity index (χ0) is 23.6. The second kappa shape index (κ2) is 9.09. The van der Waals surface area contributed by atoms with E-state index in [1.165, 1.54) is 37.5 Å². The Balaban J connectivity index is 1.55. The smallest absolute Gasteiger partial charge is 0.363 e. The molecule has 1 heterocycles. The van der Waals surface area contributed by atoms with Crippen molar-refractivity contribution in [2.45, 2.75) is 11.8 Å². The largest absolute Gasteiger partial charge is 0.496 e. The van der Waals surface area contributed by atoms with Crippen molar-refractivity contribution in [3.63, 3.8) is 0 Å². The zero-order valence-electron chi connectivity index (χ0n) is 17.6. The number of nitrogens with zero attached hydrogens (tertiary/aromatic N) is 1. The summed E-state index contributed by atoms with van der Waals surface area (Å²) >= 11 is 6.04. The maximum atomic E-state index is 12.4. The quantitative estimate of drug-likeness (QED) is 0.285. The fraction of sp³-hybridized carbons (Fsp3) is 0.0833. The molecule has 0 aliphatic carbocycles. The first-order chi connectivity index (χ1) is 15.7. The molecule has 0 atom stereocenters. The summed E-state index contributed by atoms with van der Waals surface area (Å²) in [6, 6.07) is 17.4. The van der Waals surface area contributed by atoms with Crippen molar-refractivity contribution in [1.82, 2.24) is 0 Å². The molecule has 0 radical (unpaired) electrons. The van der Waals surface area contributed by atoms with Gasteiger partial charge in [0.25, 0.3) is 0 Å². The van der Waals surface area contributed by atoms with E-state index in [1.807, 2.05) is 6.92 Å². The van der Waals surface area contributed by atoms with E-state index in [0.717, 1.165) is 5.56 Å². The van der Waals surface area contributed by atoms with Crippen LogP contribution in [-0.4, -0.2) is 27.4 Å². The summed E-state index contributed by atoms with van der Waals surface area (Å²) < 4.78 is 40.6. The first-order valence-electron chi connectivity index (χ1n) is 9.73. The summed E-state index contributed by atoms with van der Waals surface area (Å²) in [6.07, 6.45) is 1.52. The van der Waals surface area contributed by atoms with Crippen LogP contribution in [0.15, 0.2) is 82.3 Å². The molecule has 0 spiro atoms.